The summed E-state index contributed by atoms with van der Waals surface area (Å²) in [4.78, 5) is 22.7. The van der Waals surface area contributed by atoms with Crippen LogP contribution in [-0.2, 0) is 21.4 Å². The molecule has 0 bridgehead atoms. The number of Topliss-reactive ketones (excluding diaryl/α,β-unsaturated/α-hetero) is 1. The summed E-state index contributed by atoms with van der Waals surface area (Å²) >= 11 is 0. The van der Waals surface area contributed by atoms with Gasteiger partial charge in [0.15, 0.2) is 0 Å². The van der Waals surface area contributed by atoms with Gasteiger partial charge in [0, 0.05) is 38.3 Å². The molecule has 1 heterocycles. The molecular formula is C13H20N2O4S. The Hall–Kier alpha value is -1.47. The highest BCUT2D eigenvalue weighted by Gasteiger charge is 2.22. The van der Waals surface area contributed by atoms with Gasteiger partial charge in [0.05, 0.1) is 4.90 Å². The fourth-order valence-corrected chi connectivity index (χ4v) is 3.31. The summed E-state index contributed by atoms with van der Waals surface area (Å²) in [5.74, 6) is -0.0473. The molecule has 0 unspecified atom stereocenters. The zero-order valence-electron chi connectivity index (χ0n) is 12.0. The first kappa shape index (κ1) is 16.6. The zero-order valence-corrected chi connectivity index (χ0v) is 12.8. The smallest absolute Gasteiger partial charge is 0.250 e. The molecule has 0 saturated heterocycles. The Bertz CT molecular complexity index is 630. The van der Waals surface area contributed by atoms with Gasteiger partial charge in [-0.05, 0) is 13.0 Å². The van der Waals surface area contributed by atoms with Crippen molar-refractivity contribution in [2.45, 2.75) is 38.6 Å². The minimum Gasteiger partial charge on any atom is -0.314 e. The SMILES string of the molecule is CCN(CC)S(=O)(=O)c1ccc(=O)n(CCC(C)=O)c1. The quantitative estimate of drug-likeness (QED) is 0.748. The molecule has 1 aromatic rings. The number of rotatable bonds is 7. The van der Waals surface area contributed by atoms with E-state index in [2.05, 4.69) is 0 Å². The van der Waals surface area contributed by atoms with E-state index in [1.165, 1.54) is 34.1 Å². The summed E-state index contributed by atoms with van der Waals surface area (Å²) in [6.45, 7) is 5.87. The van der Waals surface area contributed by atoms with Crippen LogP contribution < -0.4 is 5.56 Å². The lowest BCUT2D eigenvalue weighted by Crippen LogP contribution is -2.32. The van der Waals surface area contributed by atoms with Crippen LogP contribution in [0.2, 0.25) is 0 Å². The highest BCUT2D eigenvalue weighted by Crippen LogP contribution is 2.13. The van der Waals surface area contributed by atoms with Crippen molar-refractivity contribution in [2.24, 2.45) is 0 Å². The van der Waals surface area contributed by atoms with Crippen molar-refractivity contribution < 1.29 is 13.2 Å². The fraction of sp³-hybridized carbons (Fsp3) is 0.538. The van der Waals surface area contributed by atoms with Crippen LogP contribution in [0.25, 0.3) is 0 Å². The first-order valence-electron chi connectivity index (χ1n) is 6.53. The van der Waals surface area contributed by atoms with E-state index in [1.54, 1.807) is 13.8 Å². The van der Waals surface area contributed by atoms with Gasteiger partial charge in [-0.15, -0.1) is 0 Å². The van der Waals surface area contributed by atoms with Crippen LogP contribution in [0, 0.1) is 0 Å². The van der Waals surface area contributed by atoms with Crippen molar-refractivity contribution in [1.82, 2.24) is 8.87 Å². The summed E-state index contributed by atoms with van der Waals surface area (Å²) in [7, 11) is -3.59. The van der Waals surface area contributed by atoms with E-state index < -0.39 is 10.0 Å². The standard InChI is InChI=1S/C13H20N2O4S/c1-4-15(5-2)20(18,19)12-6-7-13(17)14(10-12)9-8-11(3)16/h6-7,10H,4-5,8-9H2,1-3H3. The molecule has 0 fully saturated rings. The molecule has 112 valence electrons. The Labute approximate surface area is 119 Å². The summed E-state index contributed by atoms with van der Waals surface area (Å²) < 4.78 is 27.3. The molecule has 1 rings (SSSR count). The van der Waals surface area contributed by atoms with E-state index in [4.69, 9.17) is 0 Å². The molecule has 0 aliphatic carbocycles. The minimum atomic E-state index is -3.59. The Morgan fingerprint density at radius 2 is 1.85 bits per heavy atom. The summed E-state index contributed by atoms with van der Waals surface area (Å²) in [5.41, 5.74) is -0.315. The molecule has 0 N–H and O–H groups in total. The lowest BCUT2D eigenvalue weighted by molar-refractivity contribution is -0.117. The second-order valence-corrected chi connectivity index (χ2v) is 6.38. The molecule has 0 atom stereocenters. The fourth-order valence-electron chi connectivity index (χ4n) is 1.83. The molecule has 7 heteroatoms. The number of aromatic nitrogens is 1. The van der Waals surface area contributed by atoms with Crippen LogP contribution >= 0.6 is 0 Å². The predicted octanol–water partition coefficient (Wildman–Crippen LogP) is 0.858. The van der Waals surface area contributed by atoms with E-state index in [0.29, 0.717) is 13.1 Å². The van der Waals surface area contributed by atoms with Crippen molar-refractivity contribution in [2.75, 3.05) is 13.1 Å². The number of hydrogen-bond acceptors (Lipinski definition) is 4. The summed E-state index contributed by atoms with van der Waals surface area (Å²) in [5, 5.41) is 0. The van der Waals surface area contributed by atoms with Crippen LogP contribution in [-0.4, -0.2) is 36.2 Å². The van der Waals surface area contributed by atoms with Gasteiger partial charge >= 0.3 is 0 Å². The average molecular weight is 300 g/mol. The lowest BCUT2D eigenvalue weighted by atomic mass is 10.3. The summed E-state index contributed by atoms with van der Waals surface area (Å²) in [6, 6.07) is 2.52. The first-order chi connectivity index (χ1) is 9.32. The van der Waals surface area contributed by atoms with Crippen LogP contribution in [0.4, 0.5) is 0 Å². The van der Waals surface area contributed by atoms with Gasteiger partial charge < -0.3 is 4.57 Å². The monoisotopic (exact) mass is 300 g/mol. The Morgan fingerprint density at radius 1 is 1.25 bits per heavy atom. The number of nitrogens with zero attached hydrogens (tertiary/aromatic N) is 2. The number of sulfonamides is 1. The van der Waals surface area contributed by atoms with Gasteiger partial charge in [0.1, 0.15) is 5.78 Å². The average Bonchev–Trinajstić information content (AvgIpc) is 2.38. The Balaban J connectivity index is 3.18. The van der Waals surface area contributed by atoms with Gasteiger partial charge in [-0.3, -0.25) is 9.59 Å². The first-order valence-corrected chi connectivity index (χ1v) is 7.97. The van der Waals surface area contributed by atoms with Crippen molar-refractivity contribution in [1.29, 1.82) is 0 Å². The van der Waals surface area contributed by atoms with Crippen LogP contribution in [0.5, 0.6) is 0 Å². The maximum atomic E-state index is 12.3. The van der Waals surface area contributed by atoms with E-state index in [9.17, 15) is 18.0 Å². The maximum Gasteiger partial charge on any atom is 0.250 e. The molecule has 0 radical (unpaired) electrons. The maximum absolute atomic E-state index is 12.3. The van der Waals surface area contributed by atoms with Gasteiger partial charge in [-0.25, -0.2) is 8.42 Å². The molecule has 0 saturated carbocycles. The number of carbonyl (C=O) groups is 1. The summed E-state index contributed by atoms with van der Waals surface area (Å²) in [6.07, 6.45) is 1.51. The second kappa shape index (κ2) is 6.81. The molecule has 6 nitrogen and oxygen atoms in total. The third-order valence-corrected chi connectivity index (χ3v) is 5.04. The number of hydrogen-bond donors (Lipinski definition) is 0. The molecule has 20 heavy (non-hydrogen) atoms. The van der Waals surface area contributed by atoms with Crippen molar-refractivity contribution in [3.63, 3.8) is 0 Å². The van der Waals surface area contributed by atoms with Crippen LogP contribution in [0.3, 0.4) is 0 Å². The van der Waals surface area contributed by atoms with E-state index in [1.807, 2.05) is 0 Å². The highest BCUT2D eigenvalue weighted by molar-refractivity contribution is 7.89. The molecule has 0 amide bonds. The van der Waals surface area contributed by atoms with Crippen LogP contribution in [0.15, 0.2) is 28.0 Å². The number of pyridine rings is 1. The van der Waals surface area contributed by atoms with Crippen molar-refractivity contribution in [3.05, 3.63) is 28.7 Å². The molecule has 0 aliphatic heterocycles. The Morgan fingerprint density at radius 3 is 2.35 bits per heavy atom. The molecule has 0 spiro atoms. The van der Waals surface area contributed by atoms with E-state index >= 15 is 0 Å². The van der Waals surface area contributed by atoms with Gasteiger partial charge in [-0.2, -0.15) is 4.31 Å². The second-order valence-electron chi connectivity index (χ2n) is 4.44. The predicted molar refractivity (Wildman–Crippen MR) is 76.1 cm³/mol. The number of carbonyl (C=O) groups excluding carboxylic acids is 1. The van der Waals surface area contributed by atoms with E-state index in [0.717, 1.165) is 0 Å². The largest absolute Gasteiger partial charge is 0.314 e. The lowest BCUT2D eigenvalue weighted by Gasteiger charge is -2.18. The number of ketones is 1. The molecule has 0 aromatic carbocycles. The normalized spacial score (nSPS) is 11.8. The zero-order chi connectivity index (χ0) is 15.3. The highest BCUT2D eigenvalue weighted by atomic mass is 32.2. The minimum absolute atomic E-state index is 0.0473. The molecule has 1 aromatic heterocycles. The van der Waals surface area contributed by atoms with E-state index in [-0.39, 0.29) is 29.2 Å². The molecular weight excluding hydrogens is 280 g/mol. The van der Waals surface area contributed by atoms with Crippen LogP contribution in [0.1, 0.15) is 27.2 Å². The molecule has 0 aliphatic rings. The van der Waals surface area contributed by atoms with Gasteiger partial charge in [0.25, 0.3) is 5.56 Å². The third kappa shape index (κ3) is 3.77. The van der Waals surface area contributed by atoms with Gasteiger partial charge in [0.2, 0.25) is 10.0 Å². The van der Waals surface area contributed by atoms with Crippen molar-refractivity contribution >= 4 is 15.8 Å². The Kier molecular flexibility index (Phi) is 5.64. The number of aryl methyl sites for hydroxylation is 1. The van der Waals surface area contributed by atoms with Gasteiger partial charge in [-0.1, -0.05) is 13.8 Å². The van der Waals surface area contributed by atoms with Crippen molar-refractivity contribution in [3.8, 4) is 0 Å². The third-order valence-electron chi connectivity index (χ3n) is 3.00. The topological polar surface area (TPSA) is 76.5 Å².